The number of aliphatic carboxylic acids is 1. The van der Waals surface area contributed by atoms with E-state index in [9.17, 15) is 18.0 Å². The molecule has 0 unspecified atom stereocenters. The zero-order valence-electron chi connectivity index (χ0n) is 17.3. The Labute approximate surface area is 194 Å². The first-order chi connectivity index (χ1) is 13.8. The summed E-state index contributed by atoms with van der Waals surface area (Å²) < 4.78 is 27.1. The monoisotopic (exact) mass is 497 g/mol. The molecule has 1 aromatic heterocycles. The zero-order valence-corrected chi connectivity index (χ0v) is 19.7. The molecular formula is C18H29Cl2N5O5S. The molecule has 2 aliphatic rings. The summed E-state index contributed by atoms with van der Waals surface area (Å²) in [6.07, 6.45) is 8.99. The Hall–Kier alpha value is -1.49. The van der Waals surface area contributed by atoms with Gasteiger partial charge in [0.1, 0.15) is 6.54 Å². The van der Waals surface area contributed by atoms with Gasteiger partial charge in [0.25, 0.3) is 0 Å². The third-order valence-corrected chi connectivity index (χ3v) is 7.10. The van der Waals surface area contributed by atoms with E-state index in [1.54, 1.807) is 6.08 Å². The fraction of sp³-hybridized carbons (Fsp3) is 0.722. The van der Waals surface area contributed by atoms with E-state index >= 15 is 0 Å². The molecule has 1 aliphatic carbocycles. The number of carboxylic acids is 1. The summed E-state index contributed by atoms with van der Waals surface area (Å²) in [7, 11) is -3.60. The van der Waals surface area contributed by atoms with Crippen molar-refractivity contribution in [3.05, 3.63) is 11.9 Å². The molecule has 0 bridgehead atoms. The maximum Gasteiger partial charge on any atom is 0.318 e. The molecule has 1 aromatic rings. The number of hydrogen-bond acceptors (Lipinski definition) is 7. The van der Waals surface area contributed by atoms with Gasteiger partial charge in [-0.3, -0.25) is 4.79 Å². The summed E-state index contributed by atoms with van der Waals surface area (Å²) in [5.74, 6) is -0.664. The topological polar surface area (TPSA) is 134 Å². The first-order valence-electron chi connectivity index (χ1n) is 9.85. The third kappa shape index (κ3) is 7.00. The predicted molar refractivity (Wildman–Crippen MR) is 120 cm³/mol. The largest absolute Gasteiger partial charge is 0.480 e. The number of carboxylic acid groups (broad SMARTS) is 1. The highest BCUT2D eigenvalue weighted by atomic mass is 35.5. The molecule has 10 nitrogen and oxygen atoms in total. The molecule has 31 heavy (non-hydrogen) atoms. The smallest absolute Gasteiger partial charge is 0.318 e. The van der Waals surface area contributed by atoms with Crippen LogP contribution in [0.4, 0.5) is 5.95 Å². The van der Waals surface area contributed by atoms with Gasteiger partial charge in [0, 0.05) is 24.2 Å². The molecule has 176 valence electrons. The molecule has 1 saturated heterocycles. The molecule has 2 heterocycles. The van der Waals surface area contributed by atoms with Crippen LogP contribution >= 0.6 is 24.8 Å². The lowest BCUT2D eigenvalue weighted by molar-refractivity contribution is -0.137. The van der Waals surface area contributed by atoms with Crippen LogP contribution in [0.15, 0.2) is 11.2 Å². The van der Waals surface area contributed by atoms with Gasteiger partial charge in [-0.1, -0.05) is 0 Å². The molecule has 2 N–H and O–H groups in total. The third-order valence-electron chi connectivity index (χ3n) is 5.82. The Kier molecular flexibility index (Phi) is 10.6. The Bertz CT molecular complexity index is 889. The second-order valence-electron chi connectivity index (χ2n) is 7.76. The minimum atomic E-state index is -3.60. The van der Waals surface area contributed by atoms with Crippen LogP contribution in [-0.2, 0) is 19.6 Å². The standard InChI is InChI=1S/C18H27N5O5S.2ClH/c1-29(27,28)23(11-17(25)26)15-4-2-13(3-5-15)16-10-22(18(21-16)20-12-24)14-6-8-19-9-7-14;;/h10,13-15,19H,2-9,11H2,1H3,(H,25,26);2*1H/t13-,15-;;. The van der Waals surface area contributed by atoms with Gasteiger partial charge >= 0.3 is 5.97 Å². The summed E-state index contributed by atoms with van der Waals surface area (Å²) >= 11 is 0. The van der Waals surface area contributed by atoms with Crippen molar-refractivity contribution < 1.29 is 23.1 Å². The lowest BCUT2D eigenvalue weighted by Crippen LogP contribution is -2.44. The number of imidazole rings is 1. The lowest BCUT2D eigenvalue weighted by atomic mass is 9.84. The van der Waals surface area contributed by atoms with Crippen molar-refractivity contribution >= 4 is 52.8 Å². The minimum absolute atomic E-state index is 0. The van der Waals surface area contributed by atoms with E-state index in [2.05, 4.69) is 15.3 Å². The second kappa shape index (κ2) is 11.9. The molecule has 2 fully saturated rings. The number of nitrogens with zero attached hydrogens (tertiary/aromatic N) is 4. The summed E-state index contributed by atoms with van der Waals surface area (Å²) in [5, 5.41) is 12.4. The molecule has 3 rings (SSSR count). The normalized spacial score (nSPS) is 22.1. The number of halogens is 2. The van der Waals surface area contributed by atoms with Crippen LogP contribution in [0.1, 0.15) is 56.2 Å². The zero-order chi connectivity index (χ0) is 21.0. The van der Waals surface area contributed by atoms with Gasteiger partial charge in [-0.15, -0.1) is 29.8 Å². The summed E-state index contributed by atoms with van der Waals surface area (Å²) in [6.45, 7) is 1.29. The van der Waals surface area contributed by atoms with Crippen LogP contribution in [0.25, 0.3) is 0 Å². The van der Waals surface area contributed by atoms with Gasteiger partial charge < -0.3 is 15.0 Å². The highest BCUT2D eigenvalue weighted by molar-refractivity contribution is 7.88. The first-order valence-corrected chi connectivity index (χ1v) is 11.7. The maximum absolute atomic E-state index is 12.0. The summed E-state index contributed by atoms with van der Waals surface area (Å²) in [6, 6.07) is -0.0893. The Morgan fingerprint density at radius 2 is 1.87 bits per heavy atom. The van der Waals surface area contributed by atoms with Crippen LogP contribution in [-0.4, -0.2) is 71.4 Å². The van der Waals surface area contributed by atoms with Gasteiger partial charge in [0.2, 0.25) is 22.1 Å². The van der Waals surface area contributed by atoms with Crippen molar-refractivity contribution in [2.45, 2.75) is 56.5 Å². The number of hydrogen-bond donors (Lipinski definition) is 2. The molecule has 0 amide bonds. The maximum atomic E-state index is 12.0. The number of isocyanates is 1. The van der Waals surface area contributed by atoms with Gasteiger partial charge in [-0.25, -0.2) is 18.2 Å². The van der Waals surface area contributed by atoms with E-state index in [0.717, 1.165) is 42.2 Å². The van der Waals surface area contributed by atoms with E-state index in [0.29, 0.717) is 31.6 Å². The number of aliphatic imine (C=N–C) groups is 1. The lowest BCUT2D eigenvalue weighted by Gasteiger charge is -2.34. The van der Waals surface area contributed by atoms with Crippen molar-refractivity contribution in [2.75, 3.05) is 25.9 Å². The van der Waals surface area contributed by atoms with E-state index < -0.39 is 22.5 Å². The molecule has 1 aliphatic heterocycles. The number of piperidine rings is 1. The van der Waals surface area contributed by atoms with Crippen LogP contribution in [0, 0.1) is 0 Å². The van der Waals surface area contributed by atoms with Crippen LogP contribution in [0.2, 0.25) is 0 Å². The van der Waals surface area contributed by atoms with Gasteiger partial charge in [0.05, 0.1) is 11.9 Å². The van der Waals surface area contributed by atoms with Crippen molar-refractivity contribution in [1.29, 1.82) is 0 Å². The Morgan fingerprint density at radius 1 is 1.26 bits per heavy atom. The predicted octanol–water partition coefficient (Wildman–Crippen LogP) is 1.99. The minimum Gasteiger partial charge on any atom is -0.480 e. The van der Waals surface area contributed by atoms with Crippen molar-refractivity contribution in [1.82, 2.24) is 19.2 Å². The van der Waals surface area contributed by atoms with Crippen LogP contribution < -0.4 is 5.32 Å². The summed E-state index contributed by atoms with van der Waals surface area (Å²) in [4.78, 5) is 30.2. The van der Waals surface area contributed by atoms with E-state index in [4.69, 9.17) is 5.11 Å². The van der Waals surface area contributed by atoms with Crippen LogP contribution in [0.5, 0.6) is 0 Å². The van der Waals surface area contributed by atoms with Crippen molar-refractivity contribution in [3.63, 3.8) is 0 Å². The van der Waals surface area contributed by atoms with Crippen LogP contribution in [0.3, 0.4) is 0 Å². The molecule has 0 atom stereocenters. The molecule has 0 spiro atoms. The quantitative estimate of drug-likeness (QED) is 0.434. The number of nitrogens with one attached hydrogen (secondary N) is 1. The van der Waals surface area contributed by atoms with Gasteiger partial charge in [0.15, 0.2) is 0 Å². The van der Waals surface area contributed by atoms with E-state index in [1.165, 1.54) is 0 Å². The SMILES string of the molecule is CS(=O)(=O)N(CC(=O)O)[C@H]1CC[C@H](c2cn(C3CCNCC3)c(N=C=O)n2)CC1.Cl.Cl. The average molecular weight is 498 g/mol. The van der Waals surface area contributed by atoms with Gasteiger partial charge in [-0.05, 0) is 51.6 Å². The highest BCUT2D eigenvalue weighted by Gasteiger charge is 2.34. The number of carbonyl (C=O) groups is 1. The van der Waals surface area contributed by atoms with Crippen molar-refractivity contribution in [3.8, 4) is 0 Å². The van der Waals surface area contributed by atoms with Crippen molar-refractivity contribution in [2.24, 2.45) is 4.99 Å². The Morgan fingerprint density at radius 3 is 2.39 bits per heavy atom. The Balaban J connectivity index is 0.00000240. The molecule has 13 heteroatoms. The highest BCUT2D eigenvalue weighted by Crippen LogP contribution is 2.37. The molecule has 0 aromatic carbocycles. The average Bonchev–Trinajstić information content (AvgIpc) is 3.10. The molecular weight excluding hydrogens is 469 g/mol. The number of rotatable bonds is 7. The molecule has 0 radical (unpaired) electrons. The fourth-order valence-electron chi connectivity index (χ4n) is 4.39. The van der Waals surface area contributed by atoms with Gasteiger partial charge in [-0.2, -0.15) is 4.31 Å². The van der Waals surface area contributed by atoms with E-state index in [1.807, 2.05) is 10.8 Å². The number of aromatic nitrogens is 2. The first kappa shape index (κ1) is 27.5. The second-order valence-corrected chi connectivity index (χ2v) is 9.70. The molecule has 1 saturated carbocycles. The number of carbonyl (C=O) groups excluding carboxylic acids is 1. The summed E-state index contributed by atoms with van der Waals surface area (Å²) in [5.41, 5.74) is 0.847. The van der Waals surface area contributed by atoms with E-state index in [-0.39, 0.29) is 42.8 Å². The fourth-order valence-corrected chi connectivity index (χ4v) is 5.48. The number of sulfonamides is 1.